The second kappa shape index (κ2) is 5.20. The number of hydrogen-bond acceptors (Lipinski definition) is 2. The fourth-order valence-corrected chi connectivity index (χ4v) is 3.96. The van der Waals surface area contributed by atoms with E-state index in [1.807, 2.05) is 32.0 Å². The highest BCUT2D eigenvalue weighted by molar-refractivity contribution is 6.00. The first kappa shape index (κ1) is 14.9. The molecule has 0 radical (unpaired) electrons. The number of allylic oxidation sites excluding steroid dienone is 2. The van der Waals surface area contributed by atoms with Gasteiger partial charge in [-0.1, -0.05) is 17.7 Å². The molecule has 1 amide bonds. The van der Waals surface area contributed by atoms with Gasteiger partial charge in [0.2, 0.25) is 5.91 Å². The van der Waals surface area contributed by atoms with Crippen LogP contribution in [-0.2, 0) is 12.8 Å². The van der Waals surface area contributed by atoms with E-state index in [1.165, 1.54) is 6.07 Å². The molecule has 0 saturated heterocycles. The van der Waals surface area contributed by atoms with E-state index in [0.29, 0.717) is 17.5 Å². The molecule has 4 heteroatoms. The van der Waals surface area contributed by atoms with E-state index in [1.54, 1.807) is 0 Å². The Morgan fingerprint density at radius 1 is 1.21 bits per heavy atom. The summed E-state index contributed by atoms with van der Waals surface area (Å²) in [6, 6.07) is 7.25. The normalized spacial score (nSPS) is 15.3. The highest BCUT2D eigenvalue weighted by Gasteiger charge is 2.29. The third-order valence-electron chi connectivity index (χ3n) is 5.25. The smallest absolute Gasteiger partial charge is 0.249 e. The van der Waals surface area contributed by atoms with Gasteiger partial charge in [0.25, 0.3) is 0 Å². The van der Waals surface area contributed by atoms with Crippen molar-refractivity contribution in [1.29, 1.82) is 0 Å². The minimum atomic E-state index is -0.570. The molecule has 2 aromatic carbocycles. The van der Waals surface area contributed by atoms with Gasteiger partial charge >= 0.3 is 0 Å². The number of primary amides is 1. The van der Waals surface area contributed by atoms with E-state index >= 15 is 4.39 Å². The van der Waals surface area contributed by atoms with E-state index in [0.717, 1.165) is 52.1 Å². The molecule has 0 aromatic heterocycles. The van der Waals surface area contributed by atoms with Crippen molar-refractivity contribution in [1.82, 2.24) is 0 Å². The highest BCUT2D eigenvalue weighted by atomic mass is 19.1. The topological polar surface area (TPSA) is 55.1 Å². The molecule has 3 N–H and O–H groups in total. The predicted molar refractivity (Wildman–Crippen MR) is 94.5 cm³/mol. The molecule has 0 bridgehead atoms. The molecule has 24 heavy (non-hydrogen) atoms. The van der Waals surface area contributed by atoms with Crippen molar-refractivity contribution < 1.29 is 9.18 Å². The summed E-state index contributed by atoms with van der Waals surface area (Å²) < 4.78 is 15.1. The van der Waals surface area contributed by atoms with E-state index in [4.69, 9.17) is 5.73 Å². The van der Waals surface area contributed by atoms with Crippen LogP contribution in [0.5, 0.6) is 0 Å². The molecule has 122 valence electrons. The van der Waals surface area contributed by atoms with Crippen LogP contribution in [0, 0.1) is 5.82 Å². The maximum absolute atomic E-state index is 15.1. The number of fused-ring (bicyclic) bond motifs is 2. The molecule has 0 unspecified atom stereocenters. The Hall–Kier alpha value is -2.62. The number of amides is 1. The molecule has 1 heterocycles. The lowest BCUT2D eigenvalue weighted by atomic mass is 9.87. The first-order chi connectivity index (χ1) is 11.5. The number of anilines is 1. The quantitative estimate of drug-likeness (QED) is 0.881. The summed E-state index contributed by atoms with van der Waals surface area (Å²) in [4.78, 5) is 11.8. The molecule has 2 aromatic rings. The van der Waals surface area contributed by atoms with Gasteiger partial charge in [-0.3, -0.25) is 4.79 Å². The molecule has 0 fully saturated rings. The van der Waals surface area contributed by atoms with E-state index in [2.05, 4.69) is 5.32 Å². The summed E-state index contributed by atoms with van der Waals surface area (Å²) in [5.41, 5.74) is 13.4. The zero-order chi connectivity index (χ0) is 17.0. The lowest BCUT2D eigenvalue weighted by molar-refractivity contribution is 0.0999. The van der Waals surface area contributed by atoms with E-state index < -0.39 is 5.91 Å². The summed E-state index contributed by atoms with van der Waals surface area (Å²) in [7, 11) is 0. The molecule has 1 aliphatic heterocycles. The second-order valence-electron chi connectivity index (χ2n) is 6.59. The van der Waals surface area contributed by atoms with Gasteiger partial charge in [0.1, 0.15) is 5.82 Å². The molecule has 0 saturated carbocycles. The average Bonchev–Trinajstić information content (AvgIpc) is 3.13. The number of carbonyl (C=O) groups is 1. The third kappa shape index (κ3) is 1.99. The van der Waals surface area contributed by atoms with Crippen LogP contribution in [-0.4, -0.2) is 12.5 Å². The fraction of sp³-hybridized carbons (Fsp3) is 0.250. The fourth-order valence-electron chi connectivity index (χ4n) is 3.96. The minimum Gasteiger partial charge on any atom is -0.384 e. The van der Waals surface area contributed by atoms with Crippen molar-refractivity contribution in [2.45, 2.75) is 26.7 Å². The SMILES string of the molecule is CC1=C(C)c2c(c(C(N)=O)cc(F)c2-c2cccc3c2CCN3)C1. The van der Waals surface area contributed by atoms with Gasteiger partial charge in [0.15, 0.2) is 0 Å². The molecule has 4 rings (SSSR count). The number of nitrogens with one attached hydrogen (secondary N) is 1. The van der Waals surface area contributed by atoms with E-state index in [-0.39, 0.29) is 5.82 Å². The monoisotopic (exact) mass is 322 g/mol. The summed E-state index contributed by atoms with van der Waals surface area (Å²) in [6.07, 6.45) is 1.53. The molecule has 0 spiro atoms. The summed E-state index contributed by atoms with van der Waals surface area (Å²) >= 11 is 0. The first-order valence-corrected chi connectivity index (χ1v) is 8.17. The summed E-state index contributed by atoms with van der Waals surface area (Å²) in [5, 5.41) is 3.34. The van der Waals surface area contributed by atoms with Crippen LogP contribution in [0.4, 0.5) is 10.1 Å². The Morgan fingerprint density at radius 2 is 2.00 bits per heavy atom. The molecule has 1 aliphatic carbocycles. The number of hydrogen-bond donors (Lipinski definition) is 2. The zero-order valence-corrected chi connectivity index (χ0v) is 13.8. The lowest BCUT2D eigenvalue weighted by Gasteiger charge is -2.17. The Balaban J connectivity index is 2.07. The van der Waals surface area contributed by atoms with E-state index in [9.17, 15) is 4.79 Å². The zero-order valence-electron chi connectivity index (χ0n) is 13.8. The highest BCUT2D eigenvalue weighted by Crippen LogP contribution is 2.44. The van der Waals surface area contributed by atoms with Crippen LogP contribution >= 0.6 is 0 Å². The van der Waals surface area contributed by atoms with Crippen molar-refractivity contribution in [3.63, 3.8) is 0 Å². The Labute approximate surface area is 140 Å². The minimum absolute atomic E-state index is 0.299. The molecular formula is C20H19FN2O. The molecule has 0 atom stereocenters. The van der Waals surface area contributed by atoms with Gasteiger partial charge in [-0.25, -0.2) is 4.39 Å². The predicted octanol–water partition coefficient (Wildman–Crippen LogP) is 3.91. The van der Waals surface area contributed by atoms with Crippen molar-refractivity contribution in [3.05, 3.63) is 57.9 Å². The standard InChI is InChI=1S/C20H19FN2O/c1-10-8-14-15(20(22)24)9-16(21)19(18(14)11(10)2)13-4-3-5-17-12(13)6-7-23-17/h3-5,9,23H,6-8H2,1-2H3,(H2,22,24). The van der Waals surface area contributed by atoms with Crippen LogP contribution < -0.4 is 11.1 Å². The molecule has 2 aliphatic rings. The summed E-state index contributed by atoms with van der Waals surface area (Å²) in [6.45, 7) is 4.89. The van der Waals surface area contributed by atoms with Gasteiger partial charge in [-0.15, -0.1) is 0 Å². The van der Waals surface area contributed by atoms with Crippen LogP contribution in [0.2, 0.25) is 0 Å². The number of rotatable bonds is 2. The first-order valence-electron chi connectivity index (χ1n) is 8.17. The number of carbonyl (C=O) groups excluding carboxylic acids is 1. The van der Waals surface area contributed by atoms with Gasteiger partial charge in [0, 0.05) is 23.4 Å². The van der Waals surface area contributed by atoms with Crippen LogP contribution in [0.3, 0.4) is 0 Å². The van der Waals surface area contributed by atoms with Crippen LogP contribution in [0.25, 0.3) is 16.7 Å². The van der Waals surface area contributed by atoms with Crippen molar-refractivity contribution >= 4 is 17.2 Å². The van der Waals surface area contributed by atoms with Crippen molar-refractivity contribution in [3.8, 4) is 11.1 Å². The Bertz CT molecular complexity index is 928. The second-order valence-corrected chi connectivity index (χ2v) is 6.59. The number of halogens is 1. The maximum atomic E-state index is 15.1. The maximum Gasteiger partial charge on any atom is 0.249 e. The van der Waals surface area contributed by atoms with Gasteiger partial charge < -0.3 is 11.1 Å². The Morgan fingerprint density at radius 3 is 2.75 bits per heavy atom. The van der Waals surface area contributed by atoms with Gasteiger partial charge in [-0.2, -0.15) is 0 Å². The molecule has 3 nitrogen and oxygen atoms in total. The summed E-state index contributed by atoms with van der Waals surface area (Å²) in [5.74, 6) is -0.948. The Kier molecular flexibility index (Phi) is 3.23. The molecular weight excluding hydrogens is 303 g/mol. The van der Waals surface area contributed by atoms with Gasteiger partial charge in [-0.05, 0) is 66.6 Å². The number of nitrogens with two attached hydrogens (primary N) is 1. The van der Waals surface area contributed by atoms with Crippen molar-refractivity contribution in [2.24, 2.45) is 5.73 Å². The largest absolute Gasteiger partial charge is 0.384 e. The van der Waals surface area contributed by atoms with Crippen molar-refractivity contribution in [2.75, 3.05) is 11.9 Å². The van der Waals surface area contributed by atoms with Crippen LogP contribution in [0.1, 0.15) is 40.9 Å². The number of benzene rings is 2. The third-order valence-corrected chi connectivity index (χ3v) is 5.25. The average molecular weight is 322 g/mol. The lowest BCUT2D eigenvalue weighted by Crippen LogP contribution is -2.15. The van der Waals surface area contributed by atoms with Gasteiger partial charge in [0.05, 0.1) is 0 Å². The van der Waals surface area contributed by atoms with Crippen LogP contribution in [0.15, 0.2) is 29.8 Å².